The second-order valence-electron chi connectivity index (χ2n) is 6.85. The summed E-state index contributed by atoms with van der Waals surface area (Å²) in [5, 5.41) is 20.8. The van der Waals surface area contributed by atoms with E-state index in [1.54, 1.807) is 0 Å². The van der Waals surface area contributed by atoms with Gasteiger partial charge in [0.2, 0.25) is 0 Å². The first-order valence-corrected chi connectivity index (χ1v) is 8.27. The zero-order valence-corrected chi connectivity index (χ0v) is 12.5. The van der Waals surface area contributed by atoms with Gasteiger partial charge in [0, 0.05) is 25.2 Å². The molecule has 22 heavy (non-hydrogen) atoms. The first kappa shape index (κ1) is 12.7. The quantitative estimate of drug-likeness (QED) is 0.817. The fourth-order valence-electron chi connectivity index (χ4n) is 3.33. The molecule has 1 atom stereocenters. The second-order valence-corrected chi connectivity index (χ2v) is 6.85. The van der Waals surface area contributed by atoms with Crippen molar-refractivity contribution in [1.82, 2.24) is 40.1 Å². The van der Waals surface area contributed by atoms with Crippen LogP contribution in [0.5, 0.6) is 0 Å². The maximum absolute atomic E-state index is 4.34. The standard InChI is InChI=1S/C14H20N8/c1-2-10(1)13-8-21(18-15-13)12-5-6-20(7-12)9-14-16-17-19-22(14)11-3-4-11/h8,10-12H,1-7,9H2. The van der Waals surface area contributed by atoms with Crippen molar-refractivity contribution in [3.05, 3.63) is 17.7 Å². The number of hydrogen-bond donors (Lipinski definition) is 0. The Balaban J connectivity index is 1.25. The fourth-order valence-corrected chi connectivity index (χ4v) is 3.33. The maximum Gasteiger partial charge on any atom is 0.165 e. The van der Waals surface area contributed by atoms with Crippen molar-refractivity contribution in [3.63, 3.8) is 0 Å². The van der Waals surface area contributed by atoms with E-state index in [9.17, 15) is 0 Å². The molecule has 1 saturated heterocycles. The van der Waals surface area contributed by atoms with Crippen molar-refractivity contribution in [1.29, 1.82) is 0 Å². The van der Waals surface area contributed by atoms with Crippen molar-refractivity contribution in [2.24, 2.45) is 0 Å². The molecule has 116 valence electrons. The first-order valence-electron chi connectivity index (χ1n) is 8.27. The average Bonchev–Trinajstić information content (AvgIpc) is 3.41. The normalized spacial score (nSPS) is 25.9. The molecule has 2 aliphatic carbocycles. The van der Waals surface area contributed by atoms with Crippen LogP contribution in [0.4, 0.5) is 0 Å². The summed E-state index contributed by atoms with van der Waals surface area (Å²) in [4.78, 5) is 2.42. The number of nitrogens with zero attached hydrogens (tertiary/aromatic N) is 8. The van der Waals surface area contributed by atoms with E-state index < -0.39 is 0 Å². The number of tetrazole rings is 1. The highest BCUT2D eigenvalue weighted by Crippen LogP contribution is 2.39. The van der Waals surface area contributed by atoms with Gasteiger partial charge in [-0.1, -0.05) is 5.21 Å². The summed E-state index contributed by atoms with van der Waals surface area (Å²) in [5.41, 5.74) is 1.18. The summed E-state index contributed by atoms with van der Waals surface area (Å²) < 4.78 is 4.07. The van der Waals surface area contributed by atoms with Crippen molar-refractivity contribution < 1.29 is 0 Å². The van der Waals surface area contributed by atoms with Gasteiger partial charge in [-0.05, 0) is 42.5 Å². The van der Waals surface area contributed by atoms with Crippen LogP contribution in [0.15, 0.2) is 6.20 Å². The summed E-state index contributed by atoms with van der Waals surface area (Å²) in [7, 11) is 0. The molecule has 0 amide bonds. The van der Waals surface area contributed by atoms with Crippen molar-refractivity contribution in [3.8, 4) is 0 Å². The van der Waals surface area contributed by atoms with E-state index in [0.717, 1.165) is 31.9 Å². The third-order valence-electron chi connectivity index (χ3n) is 4.96. The monoisotopic (exact) mass is 300 g/mol. The van der Waals surface area contributed by atoms with Crippen LogP contribution in [0.2, 0.25) is 0 Å². The zero-order valence-electron chi connectivity index (χ0n) is 12.5. The van der Waals surface area contributed by atoms with E-state index in [4.69, 9.17) is 0 Å². The van der Waals surface area contributed by atoms with E-state index in [1.807, 2.05) is 4.68 Å². The van der Waals surface area contributed by atoms with Crippen LogP contribution in [0, 0.1) is 0 Å². The topological polar surface area (TPSA) is 77.6 Å². The molecule has 0 spiro atoms. The molecule has 3 heterocycles. The summed E-state index contributed by atoms with van der Waals surface area (Å²) >= 11 is 0. The molecule has 0 radical (unpaired) electrons. The van der Waals surface area contributed by atoms with Gasteiger partial charge in [0.05, 0.1) is 24.3 Å². The van der Waals surface area contributed by atoms with Gasteiger partial charge in [-0.15, -0.1) is 10.2 Å². The Hall–Kier alpha value is -1.83. The highest BCUT2D eigenvalue weighted by Gasteiger charge is 2.32. The summed E-state index contributed by atoms with van der Waals surface area (Å²) in [5.74, 6) is 1.68. The molecular weight excluding hydrogens is 280 g/mol. The molecule has 0 aromatic carbocycles. The molecule has 8 heteroatoms. The van der Waals surface area contributed by atoms with Crippen LogP contribution in [-0.2, 0) is 6.54 Å². The van der Waals surface area contributed by atoms with Crippen LogP contribution >= 0.6 is 0 Å². The molecule has 1 aliphatic heterocycles. The summed E-state index contributed by atoms with van der Waals surface area (Å²) in [6, 6.07) is 0.977. The molecule has 2 aromatic heterocycles. The van der Waals surface area contributed by atoms with Gasteiger partial charge in [-0.2, -0.15) is 0 Å². The Morgan fingerprint density at radius 2 is 1.91 bits per heavy atom. The molecule has 2 aromatic rings. The van der Waals surface area contributed by atoms with Crippen LogP contribution in [0.25, 0.3) is 0 Å². The molecule has 3 aliphatic rings. The van der Waals surface area contributed by atoms with E-state index in [0.29, 0.717) is 18.0 Å². The van der Waals surface area contributed by atoms with Crippen LogP contribution in [-0.4, -0.2) is 53.2 Å². The van der Waals surface area contributed by atoms with Gasteiger partial charge in [0.1, 0.15) is 0 Å². The highest BCUT2D eigenvalue weighted by atomic mass is 15.6. The zero-order chi connectivity index (χ0) is 14.5. The molecule has 1 unspecified atom stereocenters. The number of rotatable bonds is 5. The minimum Gasteiger partial charge on any atom is -0.294 e. The van der Waals surface area contributed by atoms with Gasteiger partial charge < -0.3 is 0 Å². The lowest BCUT2D eigenvalue weighted by Gasteiger charge is -2.15. The van der Waals surface area contributed by atoms with E-state index >= 15 is 0 Å². The Morgan fingerprint density at radius 1 is 1.00 bits per heavy atom. The maximum atomic E-state index is 4.34. The van der Waals surface area contributed by atoms with Gasteiger partial charge >= 0.3 is 0 Å². The summed E-state index contributed by atoms with van der Waals surface area (Å²) in [6.07, 6.45) is 8.25. The first-order chi connectivity index (χ1) is 10.9. The van der Waals surface area contributed by atoms with Crippen LogP contribution in [0.1, 0.15) is 61.6 Å². The number of likely N-dealkylation sites (tertiary alicyclic amines) is 1. The van der Waals surface area contributed by atoms with Crippen molar-refractivity contribution >= 4 is 0 Å². The van der Waals surface area contributed by atoms with Gasteiger partial charge in [-0.3, -0.25) is 4.90 Å². The van der Waals surface area contributed by atoms with Crippen LogP contribution < -0.4 is 0 Å². The van der Waals surface area contributed by atoms with E-state index in [2.05, 4.69) is 41.6 Å². The Bertz CT molecular complexity index is 668. The molecule has 3 fully saturated rings. The largest absolute Gasteiger partial charge is 0.294 e. The lowest BCUT2D eigenvalue weighted by atomic mass is 10.2. The molecule has 2 saturated carbocycles. The third kappa shape index (κ3) is 2.31. The molecule has 8 nitrogen and oxygen atoms in total. The Kier molecular flexibility index (Phi) is 2.79. The Labute approximate surface area is 128 Å². The van der Waals surface area contributed by atoms with Gasteiger partial charge in [0.15, 0.2) is 5.82 Å². The van der Waals surface area contributed by atoms with E-state index in [-0.39, 0.29) is 0 Å². The average molecular weight is 300 g/mol. The summed E-state index contributed by atoms with van der Waals surface area (Å²) in [6.45, 7) is 2.91. The molecule has 5 rings (SSSR count). The third-order valence-corrected chi connectivity index (χ3v) is 4.96. The lowest BCUT2D eigenvalue weighted by Crippen LogP contribution is -2.23. The number of hydrogen-bond acceptors (Lipinski definition) is 6. The minimum absolute atomic E-state index is 0.435. The highest BCUT2D eigenvalue weighted by molar-refractivity contribution is 5.09. The van der Waals surface area contributed by atoms with E-state index in [1.165, 1.54) is 31.4 Å². The SMILES string of the molecule is c1c(C2CC2)nnn1C1CCN(Cc2nnnn2C2CC2)C1. The second kappa shape index (κ2) is 4.84. The molecule has 0 N–H and O–H groups in total. The molecular formula is C14H20N8. The van der Waals surface area contributed by atoms with Gasteiger partial charge in [0.25, 0.3) is 0 Å². The minimum atomic E-state index is 0.435. The van der Waals surface area contributed by atoms with Crippen molar-refractivity contribution in [2.75, 3.05) is 13.1 Å². The van der Waals surface area contributed by atoms with Crippen LogP contribution in [0.3, 0.4) is 0 Å². The predicted octanol–water partition coefficient (Wildman–Crippen LogP) is 0.924. The predicted molar refractivity (Wildman–Crippen MR) is 77.0 cm³/mol. The Morgan fingerprint density at radius 3 is 2.73 bits per heavy atom. The smallest absolute Gasteiger partial charge is 0.165 e. The lowest BCUT2D eigenvalue weighted by molar-refractivity contribution is 0.296. The van der Waals surface area contributed by atoms with Gasteiger partial charge in [-0.25, -0.2) is 9.36 Å². The fraction of sp³-hybridized carbons (Fsp3) is 0.786. The number of aromatic nitrogens is 7. The van der Waals surface area contributed by atoms with Crippen molar-refractivity contribution in [2.45, 2.75) is 56.7 Å². The molecule has 0 bridgehead atoms.